The summed E-state index contributed by atoms with van der Waals surface area (Å²) < 4.78 is 6.33. The van der Waals surface area contributed by atoms with E-state index in [0.29, 0.717) is 5.69 Å². The standard InChI is InChI=1S/C18H22N4O5/c1-10-6-7-15(11(2)8-10)19-18(24)14(5)27-16(23)9-21-13(4)17(22(25)26)12(3)20-21/h6-8,14H,9H2,1-5H3,(H,19,24)/t14-/m0/s1. The molecule has 0 unspecified atom stereocenters. The first-order chi connectivity index (χ1) is 12.6. The number of carbonyl (C=O) groups excluding carboxylic acids is 2. The molecule has 144 valence electrons. The van der Waals surface area contributed by atoms with E-state index < -0.39 is 22.9 Å². The first-order valence-electron chi connectivity index (χ1n) is 8.36. The zero-order valence-electron chi connectivity index (χ0n) is 15.9. The van der Waals surface area contributed by atoms with Crippen molar-refractivity contribution < 1.29 is 19.2 Å². The number of rotatable bonds is 6. The smallest absolute Gasteiger partial charge is 0.328 e. The molecule has 0 aliphatic rings. The number of nitrogens with zero attached hydrogens (tertiary/aromatic N) is 3. The normalized spacial score (nSPS) is 11.7. The molecule has 1 heterocycles. The zero-order valence-corrected chi connectivity index (χ0v) is 15.9. The minimum atomic E-state index is -1.02. The molecule has 0 saturated carbocycles. The number of anilines is 1. The van der Waals surface area contributed by atoms with Gasteiger partial charge in [0.25, 0.3) is 5.91 Å². The van der Waals surface area contributed by atoms with Gasteiger partial charge in [0.2, 0.25) is 0 Å². The molecule has 0 aliphatic heterocycles. The molecule has 9 nitrogen and oxygen atoms in total. The molecule has 1 N–H and O–H groups in total. The lowest BCUT2D eigenvalue weighted by molar-refractivity contribution is -0.386. The number of amides is 1. The van der Waals surface area contributed by atoms with Gasteiger partial charge in [0.1, 0.15) is 17.9 Å². The van der Waals surface area contributed by atoms with Gasteiger partial charge in [-0.2, -0.15) is 5.10 Å². The van der Waals surface area contributed by atoms with Crippen molar-refractivity contribution in [3.63, 3.8) is 0 Å². The summed E-state index contributed by atoms with van der Waals surface area (Å²) in [4.78, 5) is 34.8. The quantitative estimate of drug-likeness (QED) is 0.472. The van der Waals surface area contributed by atoms with Crippen molar-refractivity contribution in [2.75, 3.05) is 5.32 Å². The van der Waals surface area contributed by atoms with Crippen molar-refractivity contribution in [1.29, 1.82) is 0 Å². The lowest BCUT2D eigenvalue weighted by Gasteiger charge is -2.15. The minimum absolute atomic E-state index is 0.136. The first kappa shape index (κ1) is 20.1. The van der Waals surface area contributed by atoms with Crippen molar-refractivity contribution in [2.24, 2.45) is 0 Å². The Labute approximate surface area is 156 Å². The van der Waals surface area contributed by atoms with Crippen molar-refractivity contribution in [2.45, 2.75) is 47.3 Å². The fraction of sp³-hybridized carbons (Fsp3) is 0.389. The Bertz CT molecular complexity index is 903. The van der Waals surface area contributed by atoms with Crippen molar-refractivity contribution in [1.82, 2.24) is 9.78 Å². The highest BCUT2D eigenvalue weighted by Crippen LogP contribution is 2.22. The van der Waals surface area contributed by atoms with Gasteiger partial charge in [-0.3, -0.25) is 24.4 Å². The fourth-order valence-electron chi connectivity index (χ4n) is 2.70. The lowest BCUT2D eigenvalue weighted by Crippen LogP contribution is -2.31. The number of benzene rings is 1. The summed E-state index contributed by atoms with van der Waals surface area (Å²) in [5, 5.41) is 17.7. The highest BCUT2D eigenvalue weighted by molar-refractivity contribution is 5.95. The highest BCUT2D eigenvalue weighted by atomic mass is 16.6. The van der Waals surface area contributed by atoms with Gasteiger partial charge in [-0.1, -0.05) is 17.7 Å². The van der Waals surface area contributed by atoms with Gasteiger partial charge in [0.15, 0.2) is 6.10 Å². The summed E-state index contributed by atoms with van der Waals surface area (Å²) in [6.07, 6.45) is -1.02. The third-order valence-corrected chi connectivity index (χ3v) is 4.12. The SMILES string of the molecule is Cc1ccc(NC(=O)[C@H](C)OC(=O)Cn2nc(C)c([N+](=O)[O-])c2C)c(C)c1. The molecule has 1 atom stereocenters. The van der Waals surface area contributed by atoms with Crippen LogP contribution in [0.2, 0.25) is 0 Å². The average Bonchev–Trinajstić information content (AvgIpc) is 2.83. The second kappa shape index (κ2) is 7.98. The molecular weight excluding hydrogens is 352 g/mol. The van der Waals surface area contributed by atoms with Crippen LogP contribution in [0.5, 0.6) is 0 Å². The van der Waals surface area contributed by atoms with Gasteiger partial charge in [0, 0.05) is 5.69 Å². The van der Waals surface area contributed by atoms with Crippen molar-refractivity contribution >= 4 is 23.3 Å². The maximum Gasteiger partial charge on any atom is 0.328 e. The van der Waals surface area contributed by atoms with Crippen LogP contribution in [-0.2, 0) is 20.9 Å². The Morgan fingerprint density at radius 1 is 1.30 bits per heavy atom. The molecule has 2 aromatic rings. The molecule has 0 spiro atoms. The molecule has 0 radical (unpaired) electrons. The van der Waals surface area contributed by atoms with Gasteiger partial charge in [0.05, 0.1) is 4.92 Å². The van der Waals surface area contributed by atoms with Crippen LogP contribution in [0.4, 0.5) is 11.4 Å². The highest BCUT2D eigenvalue weighted by Gasteiger charge is 2.24. The number of hydrogen-bond donors (Lipinski definition) is 1. The van der Waals surface area contributed by atoms with E-state index in [1.165, 1.54) is 25.5 Å². The Morgan fingerprint density at radius 3 is 2.52 bits per heavy atom. The summed E-state index contributed by atoms with van der Waals surface area (Å²) in [6.45, 7) is 7.96. The number of esters is 1. The third kappa shape index (κ3) is 4.69. The molecular formula is C18H22N4O5. The number of carbonyl (C=O) groups is 2. The Kier molecular flexibility index (Phi) is 5.94. The van der Waals surface area contributed by atoms with Crippen molar-refractivity contribution in [3.05, 3.63) is 50.8 Å². The molecule has 2 rings (SSSR count). The van der Waals surface area contributed by atoms with E-state index in [1.807, 2.05) is 26.0 Å². The summed E-state index contributed by atoms with van der Waals surface area (Å²) >= 11 is 0. The Hall–Kier alpha value is -3.23. The predicted octanol–water partition coefficient (Wildman–Crippen LogP) is 2.60. The predicted molar refractivity (Wildman–Crippen MR) is 98.5 cm³/mol. The second-order valence-electron chi connectivity index (χ2n) is 6.37. The molecule has 1 amide bonds. The molecule has 27 heavy (non-hydrogen) atoms. The lowest BCUT2D eigenvalue weighted by atomic mass is 10.1. The number of hydrogen-bond acceptors (Lipinski definition) is 6. The van der Waals surface area contributed by atoms with Gasteiger partial charge >= 0.3 is 11.7 Å². The summed E-state index contributed by atoms with van der Waals surface area (Å²) in [5.41, 5.74) is 2.94. The minimum Gasteiger partial charge on any atom is -0.451 e. The molecule has 9 heteroatoms. The van der Waals surface area contributed by atoms with Gasteiger partial charge < -0.3 is 10.1 Å². The van der Waals surface area contributed by atoms with E-state index in [4.69, 9.17) is 4.74 Å². The van der Waals surface area contributed by atoms with E-state index >= 15 is 0 Å². The monoisotopic (exact) mass is 374 g/mol. The van der Waals surface area contributed by atoms with E-state index in [2.05, 4.69) is 10.4 Å². The Morgan fingerprint density at radius 2 is 1.96 bits per heavy atom. The molecule has 0 saturated heterocycles. The molecule has 0 bridgehead atoms. The number of nitrogens with one attached hydrogen (secondary N) is 1. The molecule has 0 fully saturated rings. The number of aromatic nitrogens is 2. The van der Waals surface area contributed by atoms with E-state index in [9.17, 15) is 19.7 Å². The van der Waals surface area contributed by atoms with Crippen LogP contribution >= 0.6 is 0 Å². The first-order valence-corrected chi connectivity index (χ1v) is 8.36. The Balaban J connectivity index is 2.00. The van der Waals surface area contributed by atoms with Crippen LogP contribution in [0.3, 0.4) is 0 Å². The number of ether oxygens (including phenoxy) is 1. The molecule has 1 aromatic carbocycles. The fourth-order valence-corrected chi connectivity index (χ4v) is 2.70. The third-order valence-electron chi connectivity index (χ3n) is 4.12. The van der Waals surface area contributed by atoms with Crippen LogP contribution in [0.15, 0.2) is 18.2 Å². The van der Waals surface area contributed by atoms with Crippen LogP contribution in [0.1, 0.15) is 29.4 Å². The molecule has 1 aromatic heterocycles. The maximum absolute atomic E-state index is 12.3. The van der Waals surface area contributed by atoms with Crippen LogP contribution in [-0.4, -0.2) is 32.7 Å². The summed E-state index contributed by atoms with van der Waals surface area (Å²) in [6, 6.07) is 5.59. The molecule has 0 aliphatic carbocycles. The topological polar surface area (TPSA) is 116 Å². The summed E-state index contributed by atoms with van der Waals surface area (Å²) in [7, 11) is 0. The van der Waals surface area contributed by atoms with Gasteiger partial charge in [-0.25, -0.2) is 0 Å². The van der Waals surface area contributed by atoms with E-state index in [-0.39, 0.29) is 23.6 Å². The second-order valence-corrected chi connectivity index (χ2v) is 6.37. The van der Waals surface area contributed by atoms with Gasteiger partial charge in [-0.15, -0.1) is 0 Å². The van der Waals surface area contributed by atoms with Gasteiger partial charge in [-0.05, 0) is 46.2 Å². The van der Waals surface area contributed by atoms with E-state index in [0.717, 1.165) is 11.1 Å². The van der Waals surface area contributed by atoms with Crippen LogP contribution < -0.4 is 5.32 Å². The average molecular weight is 374 g/mol. The zero-order chi connectivity index (χ0) is 20.3. The van der Waals surface area contributed by atoms with Crippen LogP contribution in [0.25, 0.3) is 0 Å². The van der Waals surface area contributed by atoms with Crippen LogP contribution in [0, 0.1) is 37.8 Å². The maximum atomic E-state index is 12.3. The summed E-state index contributed by atoms with van der Waals surface area (Å²) in [5.74, 6) is -1.17. The number of nitro groups is 1. The number of aryl methyl sites for hydroxylation is 3. The largest absolute Gasteiger partial charge is 0.451 e. The van der Waals surface area contributed by atoms with Crippen molar-refractivity contribution in [3.8, 4) is 0 Å². The van der Waals surface area contributed by atoms with E-state index in [1.54, 1.807) is 6.07 Å².